The number of aryl methyl sites for hydroxylation is 1. The van der Waals surface area contributed by atoms with E-state index in [9.17, 15) is 18.5 Å². The lowest BCUT2D eigenvalue weighted by molar-refractivity contribution is -0.385. The van der Waals surface area contributed by atoms with Gasteiger partial charge in [0, 0.05) is 17.7 Å². The molecule has 1 atom stereocenters. The van der Waals surface area contributed by atoms with E-state index in [4.69, 9.17) is 0 Å². The molecule has 1 N–H and O–H groups in total. The van der Waals surface area contributed by atoms with Crippen LogP contribution >= 0.6 is 0 Å². The summed E-state index contributed by atoms with van der Waals surface area (Å²) in [6.45, 7) is 3.26. The monoisotopic (exact) mass is 387 g/mol. The van der Waals surface area contributed by atoms with Gasteiger partial charge in [-0.1, -0.05) is 18.2 Å². The largest absolute Gasteiger partial charge is 0.273 e. The molecular formula is C17H17N5O4S. The zero-order valence-corrected chi connectivity index (χ0v) is 15.4. The third kappa shape index (κ3) is 4.01. The molecule has 9 nitrogen and oxygen atoms in total. The second-order valence-corrected chi connectivity index (χ2v) is 7.69. The Morgan fingerprint density at radius 2 is 1.89 bits per heavy atom. The molecule has 2 aromatic carbocycles. The highest BCUT2D eigenvalue weighted by molar-refractivity contribution is 7.89. The van der Waals surface area contributed by atoms with E-state index in [0.717, 1.165) is 17.3 Å². The number of benzene rings is 2. The zero-order valence-electron chi connectivity index (χ0n) is 14.6. The molecule has 0 radical (unpaired) electrons. The molecule has 0 fully saturated rings. The summed E-state index contributed by atoms with van der Waals surface area (Å²) in [5.41, 5.74) is 1.70. The van der Waals surface area contributed by atoms with Crippen LogP contribution in [0.25, 0.3) is 5.69 Å². The minimum atomic E-state index is -3.92. The molecule has 0 unspecified atom stereocenters. The van der Waals surface area contributed by atoms with E-state index >= 15 is 0 Å². The number of sulfonamides is 1. The van der Waals surface area contributed by atoms with E-state index < -0.39 is 21.0 Å². The van der Waals surface area contributed by atoms with E-state index in [1.165, 1.54) is 18.5 Å². The Labute approximate surface area is 155 Å². The van der Waals surface area contributed by atoms with Gasteiger partial charge < -0.3 is 0 Å². The van der Waals surface area contributed by atoms with Crippen LogP contribution in [0.3, 0.4) is 0 Å². The van der Waals surface area contributed by atoms with E-state index in [1.807, 2.05) is 0 Å². The number of nitro groups is 1. The van der Waals surface area contributed by atoms with Gasteiger partial charge in [-0.05, 0) is 37.6 Å². The minimum Gasteiger partial charge on any atom is -0.258 e. The van der Waals surface area contributed by atoms with E-state index in [2.05, 4.69) is 14.8 Å². The average molecular weight is 387 g/mol. The fourth-order valence-corrected chi connectivity index (χ4v) is 3.83. The predicted molar refractivity (Wildman–Crippen MR) is 97.9 cm³/mol. The van der Waals surface area contributed by atoms with Gasteiger partial charge >= 0.3 is 0 Å². The number of rotatable bonds is 6. The Hall–Kier alpha value is -3.11. The zero-order chi connectivity index (χ0) is 19.6. The molecule has 3 rings (SSSR count). The van der Waals surface area contributed by atoms with Crippen molar-refractivity contribution in [2.45, 2.75) is 24.8 Å². The number of aromatic nitrogens is 3. The molecule has 0 aliphatic rings. The van der Waals surface area contributed by atoms with Gasteiger partial charge in [0.15, 0.2) is 0 Å². The quantitative estimate of drug-likeness (QED) is 0.512. The number of nitro benzene ring substituents is 1. The highest BCUT2D eigenvalue weighted by Crippen LogP contribution is 2.24. The molecule has 0 amide bonds. The molecule has 0 saturated heterocycles. The minimum absolute atomic E-state index is 0.147. The van der Waals surface area contributed by atoms with Crippen LogP contribution in [0.2, 0.25) is 0 Å². The summed E-state index contributed by atoms with van der Waals surface area (Å²) in [4.78, 5) is 14.2. The summed E-state index contributed by atoms with van der Waals surface area (Å²) in [6, 6.07) is 10.5. The fraction of sp³-hybridized carbons (Fsp3) is 0.176. The molecule has 0 spiro atoms. The van der Waals surface area contributed by atoms with Crippen LogP contribution in [0.1, 0.15) is 24.1 Å². The van der Waals surface area contributed by atoms with E-state index in [1.54, 1.807) is 49.1 Å². The van der Waals surface area contributed by atoms with Crippen molar-refractivity contribution in [3.8, 4) is 5.69 Å². The van der Waals surface area contributed by atoms with Gasteiger partial charge in [0.05, 0.1) is 15.5 Å². The van der Waals surface area contributed by atoms with Crippen LogP contribution < -0.4 is 4.72 Å². The second kappa shape index (κ2) is 7.25. The first-order valence-corrected chi connectivity index (χ1v) is 9.48. The standard InChI is InChI=1S/C17H17N5O4S/c1-12-3-8-16(9-17(12)22(23)24)27(25,26)20-13(2)14-4-6-15(7-5-14)21-11-18-10-19-21/h3-11,13,20H,1-2H3/t13-/m0/s1. The fourth-order valence-electron chi connectivity index (χ4n) is 2.58. The van der Waals surface area contributed by atoms with E-state index in [0.29, 0.717) is 5.56 Å². The summed E-state index contributed by atoms with van der Waals surface area (Å²) in [6.07, 6.45) is 2.98. The second-order valence-electron chi connectivity index (χ2n) is 5.98. The van der Waals surface area contributed by atoms with Crippen molar-refractivity contribution in [3.05, 3.63) is 76.4 Å². The van der Waals surface area contributed by atoms with Gasteiger partial charge in [0.25, 0.3) is 5.69 Å². The summed E-state index contributed by atoms with van der Waals surface area (Å²) < 4.78 is 29.3. The van der Waals surface area contributed by atoms with Crippen molar-refractivity contribution in [1.82, 2.24) is 19.5 Å². The highest BCUT2D eigenvalue weighted by atomic mass is 32.2. The lowest BCUT2D eigenvalue weighted by Crippen LogP contribution is -2.27. The summed E-state index contributed by atoms with van der Waals surface area (Å²) >= 11 is 0. The van der Waals surface area contributed by atoms with Crippen molar-refractivity contribution in [1.29, 1.82) is 0 Å². The number of nitrogens with zero attached hydrogens (tertiary/aromatic N) is 4. The van der Waals surface area contributed by atoms with Crippen molar-refractivity contribution in [2.24, 2.45) is 0 Å². The van der Waals surface area contributed by atoms with Crippen LogP contribution in [0.4, 0.5) is 5.69 Å². The highest BCUT2D eigenvalue weighted by Gasteiger charge is 2.22. The molecule has 1 heterocycles. The van der Waals surface area contributed by atoms with Gasteiger partial charge in [0.2, 0.25) is 10.0 Å². The lowest BCUT2D eigenvalue weighted by atomic mass is 10.1. The SMILES string of the molecule is Cc1ccc(S(=O)(=O)N[C@@H](C)c2ccc(-n3cncn3)cc2)cc1[N+](=O)[O-]. The Kier molecular flexibility index (Phi) is 5.02. The summed E-state index contributed by atoms with van der Waals surface area (Å²) in [5.74, 6) is 0. The molecule has 27 heavy (non-hydrogen) atoms. The summed E-state index contributed by atoms with van der Waals surface area (Å²) in [5, 5.41) is 15.1. The smallest absolute Gasteiger partial charge is 0.258 e. The van der Waals surface area contributed by atoms with Gasteiger partial charge in [0.1, 0.15) is 12.7 Å². The molecule has 0 aliphatic carbocycles. The normalized spacial score (nSPS) is 12.7. The molecule has 0 bridgehead atoms. The number of nitrogens with one attached hydrogen (secondary N) is 1. The van der Waals surface area contributed by atoms with Crippen LogP contribution in [0.15, 0.2) is 60.0 Å². The Morgan fingerprint density at radius 3 is 2.48 bits per heavy atom. The maximum Gasteiger partial charge on any atom is 0.273 e. The van der Waals surface area contributed by atoms with Gasteiger partial charge in [-0.2, -0.15) is 5.10 Å². The molecule has 0 saturated carbocycles. The van der Waals surface area contributed by atoms with Gasteiger partial charge in [-0.3, -0.25) is 10.1 Å². The van der Waals surface area contributed by atoms with Crippen molar-refractivity contribution in [3.63, 3.8) is 0 Å². The Balaban J connectivity index is 1.81. The number of hydrogen-bond acceptors (Lipinski definition) is 6. The van der Waals surface area contributed by atoms with Crippen molar-refractivity contribution >= 4 is 15.7 Å². The van der Waals surface area contributed by atoms with Crippen molar-refractivity contribution < 1.29 is 13.3 Å². The first-order chi connectivity index (χ1) is 12.8. The maximum atomic E-state index is 12.6. The molecule has 10 heteroatoms. The van der Waals surface area contributed by atoms with Gasteiger partial charge in [-0.15, -0.1) is 0 Å². The molecular weight excluding hydrogens is 370 g/mol. The maximum absolute atomic E-state index is 12.6. The molecule has 3 aromatic rings. The van der Waals surface area contributed by atoms with Crippen LogP contribution in [0.5, 0.6) is 0 Å². The molecule has 1 aromatic heterocycles. The number of hydrogen-bond donors (Lipinski definition) is 1. The topological polar surface area (TPSA) is 120 Å². The van der Waals surface area contributed by atoms with Crippen LogP contribution in [-0.2, 0) is 10.0 Å². The predicted octanol–water partition coefficient (Wildman–Crippen LogP) is 2.52. The Morgan fingerprint density at radius 1 is 1.19 bits per heavy atom. The third-order valence-electron chi connectivity index (χ3n) is 4.10. The molecule has 0 aliphatic heterocycles. The average Bonchev–Trinajstić information content (AvgIpc) is 3.16. The van der Waals surface area contributed by atoms with Crippen LogP contribution in [-0.4, -0.2) is 28.1 Å². The first kappa shape index (κ1) is 18.7. The van der Waals surface area contributed by atoms with E-state index in [-0.39, 0.29) is 10.6 Å². The lowest BCUT2D eigenvalue weighted by Gasteiger charge is -2.15. The molecule has 140 valence electrons. The van der Waals surface area contributed by atoms with Crippen LogP contribution in [0, 0.1) is 17.0 Å². The van der Waals surface area contributed by atoms with Crippen molar-refractivity contribution in [2.75, 3.05) is 0 Å². The third-order valence-corrected chi connectivity index (χ3v) is 5.63. The summed E-state index contributed by atoms with van der Waals surface area (Å²) in [7, 11) is -3.92. The Bertz CT molecular complexity index is 1060. The van der Waals surface area contributed by atoms with Gasteiger partial charge in [-0.25, -0.2) is 22.8 Å². The first-order valence-electron chi connectivity index (χ1n) is 8.00.